The highest BCUT2D eigenvalue weighted by molar-refractivity contribution is 7.88. The lowest BCUT2D eigenvalue weighted by Gasteiger charge is -2.36. The minimum atomic E-state index is -3.75. The Kier molecular flexibility index (Phi) is 9.49. The summed E-state index contributed by atoms with van der Waals surface area (Å²) in [5.41, 5.74) is -0.289. The quantitative estimate of drug-likeness (QED) is 0.279. The van der Waals surface area contributed by atoms with Crippen molar-refractivity contribution in [1.29, 1.82) is 0 Å². The number of sulfonamides is 1. The molecule has 3 atom stereocenters. The average Bonchev–Trinajstić information content (AvgIpc) is 3.72. The van der Waals surface area contributed by atoms with Crippen LogP contribution in [0.3, 0.4) is 0 Å². The minimum absolute atomic E-state index is 0.126. The van der Waals surface area contributed by atoms with Crippen molar-refractivity contribution in [3.8, 4) is 0 Å². The first kappa shape index (κ1) is 31.8. The predicted molar refractivity (Wildman–Crippen MR) is 164 cm³/mol. The zero-order chi connectivity index (χ0) is 31.5. The Balaban J connectivity index is 1.45. The van der Waals surface area contributed by atoms with Crippen molar-refractivity contribution < 1.29 is 27.1 Å². The molecule has 234 valence electrons. The van der Waals surface area contributed by atoms with E-state index in [1.807, 2.05) is 0 Å². The van der Waals surface area contributed by atoms with E-state index >= 15 is 4.39 Å². The third-order valence-corrected chi connectivity index (χ3v) is 8.94. The number of hydrogen-bond acceptors (Lipinski definition) is 7. The molecule has 3 heterocycles. The molecule has 1 aromatic carbocycles. The highest BCUT2D eigenvalue weighted by atomic mass is 35.5. The molecule has 0 spiro atoms. The van der Waals surface area contributed by atoms with Gasteiger partial charge in [-0.2, -0.15) is 0 Å². The summed E-state index contributed by atoms with van der Waals surface area (Å²) in [5, 5.41) is 5.69. The van der Waals surface area contributed by atoms with E-state index in [0.29, 0.717) is 28.5 Å². The fourth-order valence-corrected chi connectivity index (χ4v) is 6.66. The van der Waals surface area contributed by atoms with Crippen LogP contribution >= 0.6 is 11.6 Å². The molecule has 1 aliphatic carbocycles. The molecule has 11 nitrogen and oxygen atoms in total. The number of aromatic nitrogens is 2. The maximum Gasteiger partial charge on any atom is 0.323 e. The van der Waals surface area contributed by atoms with Gasteiger partial charge in [-0.1, -0.05) is 30.5 Å². The van der Waals surface area contributed by atoms with Crippen LogP contribution in [-0.4, -0.2) is 67.3 Å². The van der Waals surface area contributed by atoms with E-state index in [-0.39, 0.29) is 24.5 Å². The first-order valence-corrected chi connectivity index (χ1v) is 16.5. The fourth-order valence-electron chi connectivity index (χ4n) is 5.58. The second-order valence-corrected chi connectivity index (χ2v) is 13.4. The van der Waals surface area contributed by atoms with E-state index < -0.39 is 45.5 Å². The number of ether oxygens (including phenoxy) is 1. The van der Waals surface area contributed by atoms with Gasteiger partial charge in [0.15, 0.2) is 0 Å². The molecule has 44 heavy (non-hydrogen) atoms. The largest absolute Gasteiger partial charge is 0.380 e. The van der Waals surface area contributed by atoms with Crippen LogP contribution in [0.5, 0.6) is 0 Å². The summed E-state index contributed by atoms with van der Waals surface area (Å²) >= 11 is 5.89. The van der Waals surface area contributed by atoms with Crippen LogP contribution in [-0.2, 0) is 25.1 Å². The van der Waals surface area contributed by atoms with Crippen LogP contribution < -0.4 is 15.4 Å². The number of pyridine rings is 2. The van der Waals surface area contributed by atoms with Crippen molar-refractivity contribution in [3.63, 3.8) is 0 Å². The Hall–Kier alpha value is -3.65. The minimum Gasteiger partial charge on any atom is -0.380 e. The maximum atomic E-state index is 15.3. The molecule has 2 aliphatic rings. The van der Waals surface area contributed by atoms with Gasteiger partial charge in [0.25, 0.3) is 0 Å². The summed E-state index contributed by atoms with van der Waals surface area (Å²) in [7, 11) is -2.26. The van der Waals surface area contributed by atoms with Gasteiger partial charge in [-0.15, -0.1) is 0 Å². The van der Waals surface area contributed by atoms with Crippen molar-refractivity contribution in [2.45, 2.75) is 49.8 Å². The Morgan fingerprint density at radius 2 is 1.86 bits per heavy atom. The molecular formula is C30H34ClFN6O5S. The van der Waals surface area contributed by atoms with Gasteiger partial charge in [-0.05, 0) is 66.3 Å². The first-order chi connectivity index (χ1) is 21.0. The van der Waals surface area contributed by atoms with E-state index in [4.69, 9.17) is 16.3 Å². The molecule has 0 radical (unpaired) electrons. The van der Waals surface area contributed by atoms with E-state index in [1.165, 1.54) is 42.5 Å². The molecule has 3 amide bonds. The number of likely N-dealkylation sites (tertiary alicyclic amines) is 1. The third-order valence-electron chi connectivity index (χ3n) is 8.00. The second-order valence-electron chi connectivity index (χ2n) is 11.2. The molecule has 3 N–H and O–H groups in total. The molecule has 2 fully saturated rings. The number of nitrogens with one attached hydrogen (secondary N) is 3. The summed E-state index contributed by atoms with van der Waals surface area (Å²) in [6.45, 7) is 0.126. The van der Waals surface area contributed by atoms with Gasteiger partial charge < -0.3 is 15.0 Å². The van der Waals surface area contributed by atoms with Crippen molar-refractivity contribution in [2.24, 2.45) is 5.92 Å². The van der Waals surface area contributed by atoms with E-state index in [0.717, 1.165) is 25.5 Å². The van der Waals surface area contributed by atoms with Crippen LogP contribution in [0.1, 0.15) is 43.2 Å². The van der Waals surface area contributed by atoms with Crippen molar-refractivity contribution in [1.82, 2.24) is 19.6 Å². The average molecular weight is 645 g/mol. The first-order valence-electron chi connectivity index (χ1n) is 14.2. The number of anilines is 2. The second kappa shape index (κ2) is 13.1. The summed E-state index contributed by atoms with van der Waals surface area (Å²) < 4.78 is 49.0. The number of methoxy groups -OCH3 is 1. The number of hydrogen-bond donors (Lipinski definition) is 3. The smallest absolute Gasteiger partial charge is 0.323 e. The highest BCUT2D eigenvalue weighted by Crippen LogP contribution is 2.42. The Labute approximate surface area is 260 Å². The molecule has 1 saturated heterocycles. The van der Waals surface area contributed by atoms with Crippen LogP contribution in [0.2, 0.25) is 5.02 Å². The van der Waals surface area contributed by atoms with Crippen LogP contribution in [0.4, 0.5) is 20.7 Å². The molecule has 3 aromatic rings. The number of benzene rings is 1. The van der Waals surface area contributed by atoms with Gasteiger partial charge in [0.05, 0.1) is 28.6 Å². The standard InChI is InChI=1S/C30H34ClFN6O5S/c1-43-23-16-26(38(18-23)29(40)36-27-8-6-22(31)17-34-27)28(39)35-25-15-21(5-7-24(25)32)30(37-44(2,41)42,12-9-19-3-4-19)20-10-13-33-14-11-20/h5-8,10-11,13-15,17,19,23,26,37H,3-4,9,12,16,18H2,1-2H3,(H,35,39)(H,34,36,40). The normalized spacial score (nSPS) is 19.8. The molecule has 1 saturated carbocycles. The predicted octanol–water partition coefficient (Wildman–Crippen LogP) is 4.51. The van der Waals surface area contributed by atoms with Crippen molar-refractivity contribution in [2.75, 3.05) is 30.5 Å². The van der Waals surface area contributed by atoms with E-state index in [9.17, 15) is 18.0 Å². The van der Waals surface area contributed by atoms with Gasteiger partial charge >= 0.3 is 6.03 Å². The van der Waals surface area contributed by atoms with Crippen molar-refractivity contribution in [3.05, 3.63) is 83.0 Å². The monoisotopic (exact) mass is 644 g/mol. The maximum absolute atomic E-state index is 15.3. The van der Waals surface area contributed by atoms with Gasteiger partial charge in [-0.25, -0.2) is 27.3 Å². The summed E-state index contributed by atoms with van der Waals surface area (Å²) in [4.78, 5) is 36.2. The van der Waals surface area contributed by atoms with Crippen LogP contribution in [0, 0.1) is 11.7 Å². The van der Waals surface area contributed by atoms with Gasteiger partial charge in [-0.3, -0.25) is 15.1 Å². The molecule has 2 aromatic heterocycles. The number of carbonyl (C=O) groups excluding carboxylic acids is 2. The molecular weight excluding hydrogens is 611 g/mol. The Morgan fingerprint density at radius 1 is 1.11 bits per heavy atom. The lowest BCUT2D eigenvalue weighted by atomic mass is 9.79. The van der Waals surface area contributed by atoms with Gasteiger partial charge in [0.1, 0.15) is 17.7 Å². The highest BCUT2D eigenvalue weighted by Gasteiger charge is 2.42. The van der Waals surface area contributed by atoms with Gasteiger partial charge in [0, 0.05) is 38.7 Å². The molecule has 3 unspecified atom stereocenters. The number of carbonyl (C=O) groups is 2. The zero-order valence-corrected chi connectivity index (χ0v) is 25.9. The Morgan fingerprint density at radius 3 is 2.50 bits per heavy atom. The fraction of sp³-hybridized carbons (Fsp3) is 0.400. The number of nitrogens with zero attached hydrogens (tertiary/aromatic N) is 3. The third kappa shape index (κ3) is 7.52. The number of halogens is 2. The van der Waals surface area contributed by atoms with Crippen molar-refractivity contribution >= 4 is 45.1 Å². The summed E-state index contributed by atoms with van der Waals surface area (Å²) in [6.07, 6.45) is 8.67. The topological polar surface area (TPSA) is 143 Å². The lowest BCUT2D eigenvalue weighted by molar-refractivity contribution is -0.119. The summed E-state index contributed by atoms with van der Waals surface area (Å²) in [6, 6.07) is 9.15. The number of amides is 3. The SMILES string of the molecule is COC1CC(C(=O)Nc2cc(C(CCC3CC3)(NS(C)(=O)=O)c3ccncc3)ccc2F)N(C(=O)Nc2ccc(Cl)cn2)C1. The zero-order valence-electron chi connectivity index (χ0n) is 24.3. The molecule has 14 heteroatoms. The number of rotatable bonds is 11. The van der Waals surface area contributed by atoms with Crippen LogP contribution in [0.25, 0.3) is 0 Å². The molecule has 0 bridgehead atoms. The summed E-state index contributed by atoms with van der Waals surface area (Å²) in [5.74, 6) is -0.609. The van der Waals surface area contributed by atoms with E-state index in [1.54, 1.807) is 30.6 Å². The lowest BCUT2D eigenvalue weighted by Crippen LogP contribution is -2.47. The molecule has 5 rings (SSSR count). The molecule has 1 aliphatic heterocycles. The van der Waals surface area contributed by atoms with E-state index in [2.05, 4.69) is 25.3 Å². The number of urea groups is 1. The van der Waals surface area contributed by atoms with Crippen LogP contribution in [0.15, 0.2) is 61.1 Å². The Bertz CT molecular complexity index is 1610. The van der Waals surface area contributed by atoms with Gasteiger partial charge in [0.2, 0.25) is 15.9 Å².